The number of phosphoric ester groups is 2. The van der Waals surface area contributed by atoms with E-state index in [0.717, 1.165) is 161 Å². The van der Waals surface area contributed by atoms with Gasteiger partial charge in [0.15, 0.2) is 12.2 Å². The van der Waals surface area contributed by atoms with Gasteiger partial charge in [0, 0.05) is 25.7 Å². The van der Waals surface area contributed by atoms with E-state index < -0.39 is 97.5 Å². The Balaban J connectivity index is 5.41. The van der Waals surface area contributed by atoms with Gasteiger partial charge in [-0.05, 0) is 141 Å². The van der Waals surface area contributed by atoms with Crippen molar-refractivity contribution < 1.29 is 80.2 Å². The van der Waals surface area contributed by atoms with Gasteiger partial charge in [-0.3, -0.25) is 37.3 Å². The molecule has 100 heavy (non-hydrogen) atoms. The fourth-order valence-electron chi connectivity index (χ4n) is 9.98. The second-order valence-corrected chi connectivity index (χ2v) is 28.5. The van der Waals surface area contributed by atoms with Gasteiger partial charge in [-0.15, -0.1) is 0 Å². The van der Waals surface area contributed by atoms with Crippen LogP contribution in [0.1, 0.15) is 310 Å². The number of phosphoric acid groups is 2. The largest absolute Gasteiger partial charge is 0.472 e. The van der Waals surface area contributed by atoms with E-state index in [2.05, 4.69) is 131 Å². The lowest BCUT2D eigenvalue weighted by Gasteiger charge is -2.21. The van der Waals surface area contributed by atoms with Gasteiger partial charge in [-0.25, -0.2) is 9.13 Å². The molecule has 0 rings (SSSR count). The molecule has 5 unspecified atom stereocenters. The highest BCUT2D eigenvalue weighted by atomic mass is 31.2. The van der Waals surface area contributed by atoms with E-state index in [1.807, 2.05) is 18.2 Å². The number of carbonyl (C=O) groups is 4. The first-order chi connectivity index (χ1) is 48.7. The number of rotatable bonds is 72. The highest BCUT2D eigenvalue weighted by Gasteiger charge is 2.30. The smallest absolute Gasteiger partial charge is 0.462 e. The number of allylic oxidation sites excluding steroid dienone is 20. The van der Waals surface area contributed by atoms with Crippen LogP contribution in [0.2, 0.25) is 0 Å². The highest BCUT2D eigenvalue weighted by Crippen LogP contribution is 2.45. The minimum atomic E-state index is -5.00. The summed E-state index contributed by atoms with van der Waals surface area (Å²) in [5.41, 5.74) is 0. The van der Waals surface area contributed by atoms with E-state index in [-0.39, 0.29) is 25.7 Å². The molecule has 0 aliphatic heterocycles. The molecule has 0 aliphatic rings. The van der Waals surface area contributed by atoms with E-state index >= 15 is 0 Å². The maximum Gasteiger partial charge on any atom is 0.472 e. The molecule has 17 nitrogen and oxygen atoms in total. The molecule has 0 aromatic rings. The predicted molar refractivity (Wildman–Crippen MR) is 408 cm³/mol. The van der Waals surface area contributed by atoms with Crippen molar-refractivity contribution in [1.29, 1.82) is 0 Å². The number of aliphatic hydroxyl groups is 1. The number of carbonyl (C=O) groups excluding carboxylic acids is 4. The van der Waals surface area contributed by atoms with E-state index in [1.165, 1.54) is 64.2 Å². The predicted octanol–water partition coefficient (Wildman–Crippen LogP) is 22.3. The molecule has 3 N–H and O–H groups in total. The Morgan fingerprint density at radius 1 is 0.290 bits per heavy atom. The topological polar surface area (TPSA) is 237 Å². The van der Waals surface area contributed by atoms with Crippen LogP contribution in [-0.4, -0.2) is 96.7 Å². The van der Waals surface area contributed by atoms with E-state index in [9.17, 15) is 43.2 Å². The summed E-state index contributed by atoms with van der Waals surface area (Å²) in [5, 5.41) is 10.6. The molecule has 0 aliphatic carbocycles. The second kappa shape index (κ2) is 72.8. The van der Waals surface area contributed by atoms with Crippen molar-refractivity contribution in [2.24, 2.45) is 0 Å². The Bertz CT molecular complexity index is 2370. The number of esters is 4. The van der Waals surface area contributed by atoms with Gasteiger partial charge in [-0.1, -0.05) is 265 Å². The molecule has 19 heteroatoms. The fraction of sp³-hybridized carbons (Fsp3) is 0.704. The summed E-state index contributed by atoms with van der Waals surface area (Å²) >= 11 is 0. The Morgan fingerprint density at radius 2 is 0.560 bits per heavy atom. The summed E-state index contributed by atoms with van der Waals surface area (Å²) in [5.74, 6) is -2.30. The molecule has 0 amide bonds. The zero-order chi connectivity index (χ0) is 73.2. The standard InChI is InChI=1S/C81H138O17P2/c1-5-9-13-17-21-25-29-33-35-36-37-38-40-44-46-50-54-58-62-66-79(84)92-72-77(98-81(86)68-64-60-56-52-48-42-32-28-24-20-16-12-8-4)74-96-100(89,90)94-70-75(82)69-93-99(87,88)95-73-76(97-80(85)67-63-59-55-51-47-41-31-27-23-19-15-11-7-3)71-91-78(83)65-61-57-53-49-45-43-39-34-30-26-22-18-14-10-6-2/h9,13,16,20-21,25,27-28,31-35,37-39,44,46,54,58,75-77,82H,5-8,10-12,14-15,17-19,22-24,26,29-30,36,40-43,45,47-53,55-57,59-74H2,1-4H3,(H,87,88)(H,89,90)/b13-9-,20-16-,25-21-,31-27-,32-28-,35-33-,38-37-,39-34-,46-44-,58-54-. The summed E-state index contributed by atoms with van der Waals surface area (Å²) in [6.45, 7) is 4.56. The summed E-state index contributed by atoms with van der Waals surface area (Å²) in [4.78, 5) is 72.8. The highest BCUT2D eigenvalue weighted by molar-refractivity contribution is 7.47. The molecule has 0 heterocycles. The Kier molecular flexibility index (Phi) is 69.5. The van der Waals surface area contributed by atoms with Gasteiger partial charge in [0.2, 0.25) is 0 Å². The SMILES string of the molecule is CC/C=C\C/C=C\C/C=C\C/C=C\C/C=C\C/C=C\CCC(=O)OCC(COP(=O)(O)OCC(O)COP(=O)(O)OCC(COC(=O)CCCCCCC/C=C\CCCCCCCC)OC(=O)CCCCCCC/C=C\CCCCCC)OC(=O)CCCCCCC/C=C\C/C=C\CCC. The summed E-state index contributed by atoms with van der Waals surface area (Å²) in [6, 6.07) is 0. The van der Waals surface area contributed by atoms with Crippen molar-refractivity contribution in [1.82, 2.24) is 0 Å². The molecule has 0 bridgehead atoms. The van der Waals surface area contributed by atoms with Gasteiger partial charge in [0.25, 0.3) is 0 Å². The van der Waals surface area contributed by atoms with Gasteiger partial charge >= 0.3 is 39.5 Å². The van der Waals surface area contributed by atoms with E-state index in [0.29, 0.717) is 32.1 Å². The summed E-state index contributed by atoms with van der Waals surface area (Å²) in [6.07, 6.45) is 79.2. The van der Waals surface area contributed by atoms with Crippen LogP contribution in [0.25, 0.3) is 0 Å². The third kappa shape index (κ3) is 71.8. The number of hydrogen-bond donors (Lipinski definition) is 3. The van der Waals surface area contributed by atoms with Crippen molar-refractivity contribution in [2.45, 2.75) is 329 Å². The number of hydrogen-bond acceptors (Lipinski definition) is 15. The monoisotopic (exact) mass is 1440 g/mol. The summed E-state index contributed by atoms with van der Waals surface area (Å²) in [7, 11) is -9.98. The molecule has 0 aromatic carbocycles. The van der Waals surface area contributed by atoms with Crippen LogP contribution >= 0.6 is 15.6 Å². The molecule has 0 radical (unpaired) electrons. The Morgan fingerprint density at radius 3 is 0.920 bits per heavy atom. The van der Waals surface area contributed by atoms with E-state index in [4.69, 9.17) is 37.0 Å². The van der Waals surface area contributed by atoms with Crippen LogP contribution in [0, 0.1) is 0 Å². The molecule has 0 saturated heterocycles. The van der Waals surface area contributed by atoms with Crippen molar-refractivity contribution in [3.8, 4) is 0 Å². The van der Waals surface area contributed by atoms with Crippen molar-refractivity contribution in [3.63, 3.8) is 0 Å². The van der Waals surface area contributed by atoms with Gasteiger partial charge in [0.05, 0.1) is 26.4 Å². The zero-order valence-corrected chi connectivity index (χ0v) is 64.4. The number of unbranched alkanes of at least 4 members (excludes halogenated alkanes) is 26. The van der Waals surface area contributed by atoms with Crippen LogP contribution in [0.3, 0.4) is 0 Å². The molecule has 0 saturated carbocycles. The fourth-order valence-corrected chi connectivity index (χ4v) is 11.6. The van der Waals surface area contributed by atoms with Crippen LogP contribution in [-0.2, 0) is 65.4 Å². The van der Waals surface area contributed by atoms with Crippen LogP contribution in [0.15, 0.2) is 122 Å². The van der Waals surface area contributed by atoms with Crippen LogP contribution < -0.4 is 0 Å². The lowest BCUT2D eigenvalue weighted by Crippen LogP contribution is -2.30. The average molecular weight is 1450 g/mol. The molecule has 5 atom stereocenters. The third-order valence-corrected chi connectivity index (χ3v) is 17.8. The van der Waals surface area contributed by atoms with Crippen molar-refractivity contribution in [3.05, 3.63) is 122 Å². The quantitative estimate of drug-likeness (QED) is 0.0169. The minimum absolute atomic E-state index is 0.0307. The normalized spacial score (nSPS) is 14.6. The first kappa shape index (κ1) is 95.5. The van der Waals surface area contributed by atoms with Gasteiger partial charge in [0.1, 0.15) is 19.3 Å². The summed E-state index contributed by atoms with van der Waals surface area (Å²) < 4.78 is 68.4. The van der Waals surface area contributed by atoms with Crippen LogP contribution in [0.4, 0.5) is 0 Å². The average Bonchev–Trinajstić information content (AvgIpc) is 0.935. The first-order valence-corrected chi connectivity index (χ1v) is 41.8. The van der Waals surface area contributed by atoms with E-state index in [1.54, 1.807) is 0 Å². The van der Waals surface area contributed by atoms with Crippen LogP contribution in [0.5, 0.6) is 0 Å². The molecule has 0 fully saturated rings. The van der Waals surface area contributed by atoms with Crippen molar-refractivity contribution in [2.75, 3.05) is 39.6 Å². The third-order valence-electron chi connectivity index (χ3n) is 15.9. The zero-order valence-electron chi connectivity index (χ0n) is 62.6. The molecule has 574 valence electrons. The maximum atomic E-state index is 13.1. The van der Waals surface area contributed by atoms with Crippen molar-refractivity contribution >= 4 is 39.5 Å². The number of ether oxygens (including phenoxy) is 4. The first-order valence-electron chi connectivity index (χ1n) is 38.8. The van der Waals surface area contributed by atoms with Gasteiger partial charge in [-0.2, -0.15) is 0 Å². The maximum absolute atomic E-state index is 13.1. The molecule has 0 spiro atoms. The molecule has 0 aromatic heterocycles. The Labute approximate surface area is 606 Å². The lowest BCUT2D eigenvalue weighted by molar-refractivity contribution is -0.161. The Hall–Kier alpha value is -4.54. The number of aliphatic hydroxyl groups excluding tert-OH is 1. The minimum Gasteiger partial charge on any atom is -0.462 e. The molecular formula is C81H138O17P2. The second-order valence-electron chi connectivity index (χ2n) is 25.6. The van der Waals surface area contributed by atoms with Gasteiger partial charge < -0.3 is 33.8 Å². The lowest BCUT2D eigenvalue weighted by atomic mass is 10.1. The molecular weight excluding hydrogens is 1310 g/mol.